The maximum Gasteiger partial charge on any atom is 0.0368 e. The van der Waals surface area contributed by atoms with Gasteiger partial charge in [0.1, 0.15) is 0 Å². The van der Waals surface area contributed by atoms with Gasteiger partial charge in [-0.15, -0.1) is 5.92 Å². The van der Waals surface area contributed by atoms with E-state index in [-0.39, 0.29) is 0 Å². The summed E-state index contributed by atoms with van der Waals surface area (Å²) in [7, 11) is 0. The van der Waals surface area contributed by atoms with Crippen molar-refractivity contribution in [3.8, 4) is 11.8 Å². The highest BCUT2D eigenvalue weighted by Gasteiger charge is 2.27. The molecule has 1 aliphatic heterocycles. The first-order valence-electron chi connectivity index (χ1n) is 6.40. The SMILES string of the molecule is CC.CCN1CCC(C#CC(C)C)C1C. The third kappa shape index (κ3) is 4.71. The van der Waals surface area contributed by atoms with Crippen LogP contribution in [0.5, 0.6) is 0 Å². The third-order valence-electron chi connectivity index (χ3n) is 2.85. The van der Waals surface area contributed by atoms with Gasteiger partial charge < -0.3 is 0 Å². The van der Waals surface area contributed by atoms with E-state index in [1.165, 1.54) is 19.5 Å². The highest BCUT2D eigenvalue weighted by molar-refractivity contribution is 5.10. The number of likely N-dealkylation sites (tertiary alicyclic amines) is 1. The Kier molecular flexibility index (Phi) is 7.52. The lowest BCUT2D eigenvalue weighted by Crippen LogP contribution is -2.29. The summed E-state index contributed by atoms with van der Waals surface area (Å²) in [6.07, 6.45) is 1.26. The molecule has 2 unspecified atom stereocenters. The molecule has 2 atom stereocenters. The van der Waals surface area contributed by atoms with Crippen LogP contribution in [0.15, 0.2) is 0 Å². The number of hydrogen-bond donors (Lipinski definition) is 0. The van der Waals surface area contributed by atoms with Crippen molar-refractivity contribution in [1.82, 2.24) is 4.90 Å². The average Bonchev–Trinajstić information content (AvgIpc) is 2.59. The van der Waals surface area contributed by atoms with E-state index in [2.05, 4.69) is 44.4 Å². The van der Waals surface area contributed by atoms with Crippen LogP contribution in [0, 0.1) is 23.7 Å². The molecule has 1 saturated heterocycles. The fourth-order valence-corrected chi connectivity index (χ4v) is 1.92. The summed E-state index contributed by atoms with van der Waals surface area (Å²) in [4.78, 5) is 2.51. The largest absolute Gasteiger partial charge is 0.300 e. The molecule has 88 valence electrons. The maximum atomic E-state index is 3.40. The first-order chi connectivity index (χ1) is 7.15. The van der Waals surface area contributed by atoms with Crippen molar-refractivity contribution < 1.29 is 0 Å². The second-order valence-electron chi connectivity index (χ2n) is 4.21. The topological polar surface area (TPSA) is 3.24 Å². The quantitative estimate of drug-likeness (QED) is 0.598. The van der Waals surface area contributed by atoms with Gasteiger partial charge in [0.25, 0.3) is 0 Å². The number of hydrogen-bond acceptors (Lipinski definition) is 1. The van der Waals surface area contributed by atoms with Crippen molar-refractivity contribution in [2.75, 3.05) is 13.1 Å². The van der Waals surface area contributed by atoms with Crippen LogP contribution in [-0.4, -0.2) is 24.0 Å². The Morgan fingerprint density at radius 3 is 2.33 bits per heavy atom. The molecule has 1 fully saturated rings. The van der Waals surface area contributed by atoms with Crippen LogP contribution < -0.4 is 0 Å². The molecule has 0 bridgehead atoms. The van der Waals surface area contributed by atoms with E-state index >= 15 is 0 Å². The molecule has 15 heavy (non-hydrogen) atoms. The summed E-state index contributed by atoms with van der Waals surface area (Å²) in [6.45, 7) is 15.2. The Morgan fingerprint density at radius 2 is 1.93 bits per heavy atom. The van der Waals surface area contributed by atoms with E-state index in [0.29, 0.717) is 17.9 Å². The standard InChI is InChI=1S/C12H21N.C2H6/c1-5-13-9-8-12(11(13)4)7-6-10(2)3;1-2/h10-12H,5,8-9H2,1-4H3;1-2H3. The van der Waals surface area contributed by atoms with E-state index in [4.69, 9.17) is 0 Å². The molecule has 0 aromatic heterocycles. The van der Waals surface area contributed by atoms with Crippen molar-refractivity contribution in [3.63, 3.8) is 0 Å². The highest BCUT2D eigenvalue weighted by Crippen LogP contribution is 2.22. The van der Waals surface area contributed by atoms with E-state index in [1.807, 2.05) is 13.8 Å². The van der Waals surface area contributed by atoms with Crippen LogP contribution in [0.3, 0.4) is 0 Å². The summed E-state index contributed by atoms with van der Waals surface area (Å²) in [6, 6.07) is 0.663. The van der Waals surface area contributed by atoms with Gasteiger partial charge in [0.15, 0.2) is 0 Å². The number of rotatable bonds is 1. The van der Waals surface area contributed by atoms with E-state index in [9.17, 15) is 0 Å². The smallest absolute Gasteiger partial charge is 0.0368 e. The zero-order valence-electron chi connectivity index (χ0n) is 11.3. The van der Waals surface area contributed by atoms with E-state index in [1.54, 1.807) is 0 Å². The van der Waals surface area contributed by atoms with Crippen molar-refractivity contribution >= 4 is 0 Å². The van der Waals surface area contributed by atoms with Crippen molar-refractivity contribution in [2.45, 2.75) is 54.0 Å². The molecule has 0 N–H and O–H groups in total. The lowest BCUT2D eigenvalue weighted by Gasteiger charge is -2.20. The Labute approximate surface area is 96.2 Å². The minimum absolute atomic E-state index is 0.517. The van der Waals surface area contributed by atoms with Gasteiger partial charge in [-0.1, -0.05) is 40.5 Å². The second-order valence-corrected chi connectivity index (χ2v) is 4.21. The van der Waals surface area contributed by atoms with Gasteiger partial charge in [-0.2, -0.15) is 0 Å². The van der Waals surface area contributed by atoms with Gasteiger partial charge in [0, 0.05) is 17.9 Å². The average molecular weight is 209 g/mol. The molecule has 0 aromatic carbocycles. The van der Waals surface area contributed by atoms with Crippen LogP contribution in [0.1, 0.15) is 48.0 Å². The molecule has 1 aliphatic rings. The molecule has 1 heterocycles. The van der Waals surface area contributed by atoms with Crippen LogP contribution in [0.25, 0.3) is 0 Å². The first-order valence-corrected chi connectivity index (χ1v) is 6.40. The van der Waals surface area contributed by atoms with Crippen molar-refractivity contribution in [2.24, 2.45) is 11.8 Å². The summed E-state index contributed by atoms with van der Waals surface area (Å²) in [5, 5.41) is 0. The van der Waals surface area contributed by atoms with Gasteiger partial charge >= 0.3 is 0 Å². The Bertz CT molecular complexity index is 209. The molecule has 1 rings (SSSR count). The monoisotopic (exact) mass is 209 g/mol. The minimum Gasteiger partial charge on any atom is -0.300 e. The molecule has 0 radical (unpaired) electrons. The first kappa shape index (κ1) is 14.5. The van der Waals surface area contributed by atoms with Crippen molar-refractivity contribution in [1.29, 1.82) is 0 Å². The summed E-state index contributed by atoms with van der Waals surface area (Å²) >= 11 is 0. The van der Waals surface area contributed by atoms with Crippen LogP contribution in [0.4, 0.5) is 0 Å². The summed E-state index contributed by atoms with van der Waals surface area (Å²) < 4.78 is 0. The second kappa shape index (κ2) is 7.77. The fraction of sp³-hybridized carbons (Fsp3) is 0.857. The Hall–Kier alpha value is -0.480. The molecule has 1 heteroatoms. The lowest BCUT2D eigenvalue weighted by molar-refractivity contribution is 0.270. The zero-order valence-corrected chi connectivity index (χ0v) is 11.3. The highest BCUT2D eigenvalue weighted by atomic mass is 15.2. The minimum atomic E-state index is 0.517. The molecule has 0 amide bonds. The maximum absolute atomic E-state index is 3.40. The van der Waals surface area contributed by atoms with Gasteiger partial charge in [0.2, 0.25) is 0 Å². The van der Waals surface area contributed by atoms with Gasteiger partial charge in [0.05, 0.1) is 0 Å². The Morgan fingerprint density at radius 1 is 1.33 bits per heavy atom. The molecule has 0 spiro atoms. The molecule has 0 aliphatic carbocycles. The lowest BCUT2D eigenvalue weighted by atomic mass is 10.0. The molecule has 0 saturated carbocycles. The summed E-state index contributed by atoms with van der Waals surface area (Å²) in [5.41, 5.74) is 0. The van der Waals surface area contributed by atoms with Crippen LogP contribution in [-0.2, 0) is 0 Å². The molecular formula is C14H27N. The normalized spacial score (nSPS) is 25.5. The van der Waals surface area contributed by atoms with Gasteiger partial charge in [-0.25, -0.2) is 0 Å². The Balaban J connectivity index is 0.000000921. The molecular weight excluding hydrogens is 182 g/mol. The van der Waals surface area contributed by atoms with E-state index < -0.39 is 0 Å². The zero-order chi connectivity index (χ0) is 11.8. The molecule has 1 nitrogen and oxygen atoms in total. The van der Waals surface area contributed by atoms with Crippen LogP contribution in [0.2, 0.25) is 0 Å². The predicted molar refractivity (Wildman–Crippen MR) is 68.8 cm³/mol. The van der Waals surface area contributed by atoms with Gasteiger partial charge in [-0.3, -0.25) is 4.90 Å². The summed E-state index contributed by atoms with van der Waals surface area (Å²) in [5.74, 6) is 7.82. The molecule has 0 aromatic rings. The number of nitrogens with zero attached hydrogens (tertiary/aromatic N) is 1. The van der Waals surface area contributed by atoms with Crippen LogP contribution >= 0.6 is 0 Å². The van der Waals surface area contributed by atoms with Crippen molar-refractivity contribution in [3.05, 3.63) is 0 Å². The fourth-order valence-electron chi connectivity index (χ4n) is 1.92. The third-order valence-corrected chi connectivity index (χ3v) is 2.85. The predicted octanol–water partition coefficient (Wildman–Crippen LogP) is 3.40. The van der Waals surface area contributed by atoms with E-state index in [0.717, 1.165) is 0 Å². The van der Waals surface area contributed by atoms with Gasteiger partial charge in [-0.05, 0) is 26.4 Å².